The summed E-state index contributed by atoms with van der Waals surface area (Å²) in [5.74, 6) is 5.75. The lowest BCUT2D eigenvalue weighted by molar-refractivity contribution is -0.138. The molecule has 0 aliphatic carbocycles. The van der Waals surface area contributed by atoms with Crippen molar-refractivity contribution in [1.82, 2.24) is 24.4 Å². The summed E-state index contributed by atoms with van der Waals surface area (Å²) >= 11 is 0. The number of benzene rings is 1. The van der Waals surface area contributed by atoms with Crippen LogP contribution in [0.3, 0.4) is 0 Å². The lowest BCUT2D eigenvalue weighted by Gasteiger charge is -2.33. The number of anilines is 2. The number of nitrogens with one attached hydrogen (secondary N) is 1. The standard InChI is InChI=1S/C31H34F3N7O/c1-6-20(2)24(8-7-23-15-21(3)28-37-30(35)38-41(28)18-23)16-22(4)29(42)36-26-10-9-25(27(17-26)31(32,33)34)19-40-13-11-39(5)12-14-40/h6,9-10,15-18H,1,11-14,19H2,2-5H3,(H2,35,38)(H,36,42). The third kappa shape index (κ3) is 7.46. The fraction of sp³-hybridized carbons (Fsp3) is 0.323. The number of aromatic nitrogens is 3. The summed E-state index contributed by atoms with van der Waals surface area (Å²) in [6.07, 6.45) is 0.353. The quantitative estimate of drug-likeness (QED) is 0.248. The van der Waals surface area contributed by atoms with Gasteiger partial charge in [0.25, 0.3) is 5.91 Å². The summed E-state index contributed by atoms with van der Waals surface area (Å²) in [5, 5.41) is 6.73. The molecule has 0 atom stereocenters. The molecule has 3 aromatic rings. The molecule has 0 saturated carbocycles. The second-order valence-corrected chi connectivity index (χ2v) is 10.4. The monoisotopic (exact) mass is 577 g/mol. The van der Waals surface area contributed by atoms with Gasteiger partial charge in [-0.3, -0.25) is 9.69 Å². The van der Waals surface area contributed by atoms with Gasteiger partial charge in [0.1, 0.15) is 0 Å². The molecule has 11 heteroatoms. The Labute approximate surface area is 243 Å². The zero-order valence-electron chi connectivity index (χ0n) is 24.1. The Morgan fingerprint density at radius 1 is 1.19 bits per heavy atom. The van der Waals surface area contributed by atoms with E-state index in [1.54, 1.807) is 36.7 Å². The number of fused-ring (bicyclic) bond motifs is 1. The first-order chi connectivity index (χ1) is 19.8. The number of carbonyl (C=O) groups excluding carboxylic acids is 1. The zero-order valence-corrected chi connectivity index (χ0v) is 24.1. The van der Waals surface area contributed by atoms with Gasteiger partial charge in [-0.25, -0.2) is 4.52 Å². The van der Waals surface area contributed by atoms with Gasteiger partial charge in [0, 0.05) is 61.3 Å². The molecule has 0 bridgehead atoms. The molecule has 1 aliphatic heterocycles. The molecule has 3 heterocycles. The van der Waals surface area contributed by atoms with Gasteiger partial charge >= 0.3 is 6.18 Å². The highest BCUT2D eigenvalue weighted by Crippen LogP contribution is 2.34. The van der Waals surface area contributed by atoms with Crippen LogP contribution in [0.2, 0.25) is 0 Å². The number of alkyl halides is 3. The Hall–Kier alpha value is -4.40. The fourth-order valence-electron chi connectivity index (χ4n) is 4.55. The maximum absolute atomic E-state index is 14.0. The van der Waals surface area contributed by atoms with Gasteiger partial charge in [-0.1, -0.05) is 30.6 Å². The van der Waals surface area contributed by atoms with Crippen LogP contribution in [0, 0.1) is 18.8 Å². The fourth-order valence-corrected chi connectivity index (χ4v) is 4.55. The predicted molar refractivity (Wildman–Crippen MR) is 159 cm³/mol. The van der Waals surface area contributed by atoms with E-state index in [0.29, 0.717) is 29.9 Å². The molecule has 1 aromatic carbocycles. The smallest absolute Gasteiger partial charge is 0.366 e. The van der Waals surface area contributed by atoms with Crippen LogP contribution in [0.1, 0.15) is 36.1 Å². The van der Waals surface area contributed by atoms with Crippen molar-refractivity contribution in [3.63, 3.8) is 0 Å². The molecular formula is C31H34F3N7O. The van der Waals surface area contributed by atoms with Crippen LogP contribution in [0.15, 0.2) is 65.9 Å². The van der Waals surface area contributed by atoms with E-state index in [2.05, 4.69) is 38.7 Å². The minimum atomic E-state index is -4.56. The summed E-state index contributed by atoms with van der Waals surface area (Å²) in [4.78, 5) is 21.3. The average Bonchev–Trinajstić information content (AvgIpc) is 3.32. The normalized spacial score (nSPS) is 15.6. The SMILES string of the molecule is C=CC(C)=C(C#Cc1cc(C)c2nc(N)nn2c1)C=C(C)C(=O)Nc1ccc(CN2CCN(C)CC2)c(C(F)(F)F)c1. The van der Waals surface area contributed by atoms with Gasteiger partial charge < -0.3 is 16.0 Å². The summed E-state index contributed by atoms with van der Waals surface area (Å²) in [6.45, 7) is 12.3. The Kier molecular flexibility index (Phi) is 9.19. The van der Waals surface area contributed by atoms with Crippen molar-refractivity contribution in [1.29, 1.82) is 0 Å². The Balaban J connectivity index is 1.55. The number of nitrogen functional groups attached to an aromatic ring is 1. The van der Waals surface area contributed by atoms with Crippen molar-refractivity contribution in [2.75, 3.05) is 44.3 Å². The van der Waals surface area contributed by atoms with Crippen molar-refractivity contribution >= 4 is 23.2 Å². The van der Waals surface area contributed by atoms with Crippen molar-refractivity contribution < 1.29 is 18.0 Å². The van der Waals surface area contributed by atoms with E-state index in [0.717, 1.165) is 30.3 Å². The zero-order chi connectivity index (χ0) is 30.6. The van der Waals surface area contributed by atoms with Crippen LogP contribution >= 0.6 is 0 Å². The highest BCUT2D eigenvalue weighted by Gasteiger charge is 2.34. The molecule has 1 amide bonds. The molecule has 1 aliphatic rings. The van der Waals surface area contributed by atoms with E-state index in [9.17, 15) is 18.0 Å². The van der Waals surface area contributed by atoms with E-state index >= 15 is 0 Å². The van der Waals surface area contributed by atoms with Gasteiger partial charge in [0.15, 0.2) is 5.65 Å². The molecule has 42 heavy (non-hydrogen) atoms. The number of hydrogen-bond donors (Lipinski definition) is 2. The van der Waals surface area contributed by atoms with Crippen LogP contribution in [0.25, 0.3) is 5.65 Å². The first-order valence-corrected chi connectivity index (χ1v) is 13.4. The molecule has 1 fully saturated rings. The highest BCUT2D eigenvalue weighted by molar-refractivity contribution is 6.03. The number of amides is 1. The third-order valence-corrected chi connectivity index (χ3v) is 7.09. The third-order valence-electron chi connectivity index (χ3n) is 7.09. The van der Waals surface area contributed by atoms with E-state index in [4.69, 9.17) is 5.73 Å². The number of likely N-dealkylation sites (N-methyl/N-ethyl adjacent to an activating group) is 1. The molecule has 220 valence electrons. The van der Waals surface area contributed by atoms with Crippen LogP contribution in [0.4, 0.5) is 24.8 Å². The average molecular weight is 578 g/mol. The lowest BCUT2D eigenvalue weighted by Crippen LogP contribution is -2.44. The number of hydrogen-bond acceptors (Lipinski definition) is 6. The summed E-state index contributed by atoms with van der Waals surface area (Å²) in [5.41, 5.74) is 8.86. The number of allylic oxidation sites excluding steroid dienone is 4. The van der Waals surface area contributed by atoms with Crippen LogP contribution in [-0.2, 0) is 17.5 Å². The Morgan fingerprint density at radius 3 is 2.57 bits per heavy atom. The van der Waals surface area contributed by atoms with Crippen LogP contribution in [-0.4, -0.2) is 63.5 Å². The lowest BCUT2D eigenvalue weighted by atomic mass is 10.0. The van der Waals surface area contributed by atoms with Crippen molar-refractivity contribution in [3.8, 4) is 11.8 Å². The molecule has 0 radical (unpaired) electrons. The van der Waals surface area contributed by atoms with Gasteiger partial charge in [-0.05, 0) is 68.8 Å². The molecule has 4 rings (SSSR count). The molecule has 0 unspecified atom stereocenters. The maximum Gasteiger partial charge on any atom is 0.416 e. The number of nitrogens with two attached hydrogens (primary N) is 1. The first-order valence-electron chi connectivity index (χ1n) is 13.4. The van der Waals surface area contributed by atoms with Gasteiger partial charge in [0.2, 0.25) is 5.95 Å². The van der Waals surface area contributed by atoms with Crippen LogP contribution in [0.5, 0.6) is 0 Å². The van der Waals surface area contributed by atoms with Crippen LogP contribution < -0.4 is 11.1 Å². The van der Waals surface area contributed by atoms with Gasteiger partial charge in [-0.15, -0.1) is 5.10 Å². The predicted octanol–water partition coefficient (Wildman–Crippen LogP) is 4.83. The molecule has 1 saturated heterocycles. The Morgan fingerprint density at radius 2 is 1.90 bits per heavy atom. The largest absolute Gasteiger partial charge is 0.416 e. The summed E-state index contributed by atoms with van der Waals surface area (Å²) < 4.78 is 43.5. The highest BCUT2D eigenvalue weighted by atomic mass is 19.4. The second-order valence-electron chi connectivity index (χ2n) is 10.4. The van der Waals surface area contributed by atoms with Crippen molar-refractivity contribution in [3.05, 3.63) is 88.2 Å². The second kappa shape index (κ2) is 12.6. The molecular weight excluding hydrogens is 543 g/mol. The minimum Gasteiger partial charge on any atom is -0.366 e. The van der Waals surface area contributed by atoms with E-state index in [1.165, 1.54) is 12.1 Å². The van der Waals surface area contributed by atoms with E-state index in [1.807, 2.05) is 24.9 Å². The maximum atomic E-state index is 14.0. The molecule has 3 N–H and O–H groups in total. The molecule has 8 nitrogen and oxygen atoms in total. The number of carbonyl (C=O) groups is 1. The number of aryl methyl sites for hydroxylation is 1. The van der Waals surface area contributed by atoms with Crippen molar-refractivity contribution in [2.45, 2.75) is 33.5 Å². The summed E-state index contributed by atoms with van der Waals surface area (Å²) in [7, 11) is 1.99. The van der Waals surface area contributed by atoms with E-state index in [-0.39, 0.29) is 29.3 Å². The molecule has 0 spiro atoms. The van der Waals surface area contributed by atoms with Crippen molar-refractivity contribution in [2.24, 2.45) is 0 Å². The van der Waals surface area contributed by atoms with E-state index < -0.39 is 17.6 Å². The number of rotatable bonds is 6. The number of nitrogens with zero attached hydrogens (tertiary/aromatic N) is 5. The first kappa shape index (κ1) is 30.6. The Bertz CT molecular complexity index is 1630. The topological polar surface area (TPSA) is 91.8 Å². The number of piperazine rings is 1. The number of pyridine rings is 1. The minimum absolute atomic E-state index is 0.0649. The molecule has 2 aromatic heterocycles. The summed E-state index contributed by atoms with van der Waals surface area (Å²) in [6, 6.07) is 5.80. The van der Waals surface area contributed by atoms with Gasteiger partial charge in [0.05, 0.1) is 5.56 Å². The van der Waals surface area contributed by atoms with Gasteiger partial charge in [-0.2, -0.15) is 18.2 Å². The number of halogens is 3.